The van der Waals surface area contributed by atoms with Crippen molar-refractivity contribution in [3.05, 3.63) is 64.4 Å². The Kier molecular flexibility index (Phi) is 7.74. The molecule has 0 fully saturated rings. The molecule has 0 bridgehead atoms. The molecule has 3 nitrogen and oxygen atoms in total. The van der Waals surface area contributed by atoms with Crippen LogP contribution in [0.25, 0.3) is 5.57 Å². The molecule has 178 valence electrons. The molecule has 6 heteroatoms. The van der Waals surface area contributed by atoms with E-state index in [1.165, 1.54) is 22.3 Å². The highest BCUT2D eigenvalue weighted by Gasteiger charge is 2.40. The lowest BCUT2D eigenvalue weighted by molar-refractivity contribution is 0.0479. The minimum absolute atomic E-state index is 0.00792. The van der Waals surface area contributed by atoms with E-state index in [1.807, 2.05) is 37.1 Å². The van der Waals surface area contributed by atoms with Crippen LogP contribution in [-0.4, -0.2) is 42.2 Å². The number of aromatic nitrogens is 1. The highest BCUT2D eigenvalue weighted by Crippen LogP contribution is 2.49. The molecule has 2 aliphatic rings. The van der Waals surface area contributed by atoms with Gasteiger partial charge in [-0.3, -0.25) is 9.29 Å². The lowest BCUT2D eigenvalue weighted by atomic mass is 9.84. The van der Waals surface area contributed by atoms with Crippen molar-refractivity contribution in [2.45, 2.75) is 70.9 Å². The highest BCUT2D eigenvalue weighted by molar-refractivity contribution is 5.79. The number of unbranched alkanes of at least 4 members (excludes halogenated alkanes) is 3. The summed E-state index contributed by atoms with van der Waals surface area (Å²) < 4.78 is 45.2. The summed E-state index contributed by atoms with van der Waals surface area (Å²) >= 11 is 0. The van der Waals surface area contributed by atoms with E-state index >= 15 is 0 Å². The minimum Gasteiger partial charge on any atom is -0.478 e. The molecule has 2 aromatic rings. The number of halogens is 3. The van der Waals surface area contributed by atoms with Gasteiger partial charge in [-0.05, 0) is 79.4 Å². The average Bonchev–Trinajstić information content (AvgIpc) is 3.15. The molecule has 0 saturated carbocycles. The van der Waals surface area contributed by atoms with Gasteiger partial charge in [-0.25, -0.2) is 13.8 Å². The van der Waals surface area contributed by atoms with E-state index in [-0.39, 0.29) is 25.3 Å². The largest absolute Gasteiger partial charge is 0.478 e. The van der Waals surface area contributed by atoms with Gasteiger partial charge in [-0.1, -0.05) is 30.7 Å². The molecule has 1 aromatic carbocycles. The predicted molar refractivity (Wildman–Crippen MR) is 126 cm³/mol. The smallest absolute Gasteiger partial charge is 0.251 e. The van der Waals surface area contributed by atoms with Crippen molar-refractivity contribution < 1.29 is 17.9 Å². The summed E-state index contributed by atoms with van der Waals surface area (Å²) in [6.45, 7) is 4.07. The Morgan fingerprint density at radius 3 is 2.70 bits per heavy atom. The van der Waals surface area contributed by atoms with Gasteiger partial charge in [0.1, 0.15) is 0 Å². The summed E-state index contributed by atoms with van der Waals surface area (Å²) in [5.41, 5.74) is 7.04. The van der Waals surface area contributed by atoms with E-state index in [4.69, 9.17) is 4.74 Å². The van der Waals surface area contributed by atoms with E-state index in [9.17, 15) is 13.2 Å². The van der Waals surface area contributed by atoms with Crippen LogP contribution in [-0.2, 0) is 6.42 Å². The Labute approximate surface area is 194 Å². The summed E-state index contributed by atoms with van der Waals surface area (Å²) in [6, 6.07) is 10.1. The van der Waals surface area contributed by atoms with Crippen LogP contribution in [0.1, 0.15) is 67.3 Å². The zero-order valence-corrected chi connectivity index (χ0v) is 19.5. The van der Waals surface area contributed by atoms with Crippen molar-refractivity contribution in [1.82, 2.24) is 9.88 Å². The summed E-state index contributed by atoms with van der Waals surface area (Å²) in [6.07, 6.45) is 4.25. The molecule has 0 saturated heterocycles. The van der Waals surface area contributed by atoms with E-state index < -0.39 is 6.43 Å². The topological polar surface area (TPSA) is 25.4 Å². The first-order valence-electron chi connectivity index (χ1n) is 12.0. The van der Waals surface area contributed by atoms with Gasteiger partial charge >= 0.3 is 0 Å². The molecule has 0 amide bonds. The minimum atomic E-state index is -2.39. The fraction of sp³-hybridized carbons (Fsp3) is 0.519. The number of hydrogen-bond acceptors (Lipinski definition) is 3. The van der Waals surface area contributed by atoms with Crippen LogP contribution in [0, 0.1) is 6.92 Å². The molecule has 4 rings (SSSR count). The average molecular weight is 459 g/mol. The summed E-state index contributed by atoms with van der Waals surface area (Å²) in [4.78, 5) is 6.48. The molecule has 1 aliphatic heterocycles. The van der Waals surface area contributed by atoms with Gasteiger partial charge in [0.05, 0.1) is 25.9 Å². The number of hydrogen-bond donors (Lipinski definition) is 0. The summed E-state index contributed by atoms with van der Waals surface area (Å²) in [5.74, 6) is 0.551. The maximum Gasteiger partial charge on any atom is 0.251 e. The Balaban J connectivity index is 1.58. The summed E-state index contributed by atoms with van der Waals surface area (Å²) in [5, 5.41) is 0. The van der Waals surface area contributed by atoms with Gasteiger partial charge in [-0.2, -0.15) is 0 Å². The number of aryl methyl sites for hydroxylation is 1. The SMILES string of the molecule is Cc1cc(OCCCCCCF)ncc1[C@@H]1C2=C(C[C@@H](C)N1CC(F)F)c1ccccc1C2. The van der Waals surface area contributed by atoms with Gasteiger partial charge in [0.2, 0.25) is 5.88 Å². The summed E-state index contributed by atoms with van der Waals surface area (Å²) in [7, 11) is 0. The molecule has 1 aromatic heterocycles. The highest BCUT2D eigenvalue weighted by atomic mass is 19.3. The quantitative estimate of drug-likeness (QED) is 0.370. The van der Waals surface area contributed by atoms with E-state index in [0.29, 0.717) is 18.9 Å². The van der Waals surface area contributed by atoms with Gasteiger partial charge in [0.15, 0.2) is 0 Å². The van der Waals surface area contributed by atoms with Crippen LogP contribution in [0.15, 0.2) is 42.1 Å². The Morgan fingerprint density at radius 2 is 1.94 bits per heavy atom. The number of pyridine rings is 1. The number of nitrogens with zero attached hydrogens (tertiary/aromatic N) is 2. The van der Waals surface area contributed by atoms with E-state index in [1.54, 1.807) is 0 Å². The second-order valence-corrected chi connectivity index (χ2v) is 9.21. The second-order valence-electron chi connectivity index (χ2n) is 9.21. The normalized spacial score (nSPS) is 20.3. The molecule has 2 atom stereocenters. The zero-order valence-electron chi connectivity index (χ0n) is 19.5. The Morgan fingerprint density at radius 1 is 1.15 bits per heavy atom. The van der Waals surface area contributed by atoms with Crippen LogP contribution >= 0.6 is 0 Å². The fourth-order valence-electron chi connectivity index (χ4n) is 5.27. The lowest BCUT2D eigenvalue weighted by Crippen LogP contribution is -2.43. The van der Waals surface area contributed by atoms with Gasteiger partial charge in [0.25, 0.3) is 6.43 Å². The van der Waals surface area contributed by atoms with E-state index in [2.05, 4.69) is 23.2 Å². The van der Waals surface area contributed by atoms with Crippen molar-refractivity contribution in [3.8, 4) is 5.88 Å². The maximum absolute atomic E-state index is 13.6. The number of ether oxygens (including phenoxy) is 1. The van der Waals surface area contributed by atoms with Crippen molar-refractivity contribution >= 4 is 5.57 Å². The van der Waals surface area contributed by atoms with Crippen LogP contribution in [0.4, 0.5) is 13.2 Å². The van der Waals surface area contributed by atoms with Crippen molar-refractivity contribution in [3.63, 3.8) is 0 Å². The number of alkyl halides is 3. The molecule has 0 N–H and O–H groups in total. The van der Waals surface area contributed by atoms with E-state index in [0.717, 1.165) is 43.2 Å². The third kappa shape index (κ3) is 5.26. The number of fused-ring (bicyclic) bond motifs is 2. The molecular formula is C27H33F3N2O. The van der Waals surface area contributed by atoms with Gasteiger partial charge in [-0.15, -0.1) is 0 Å². The van der Waals surface area contributed by atoms with Gasteiger partial charge < -0.3 is 4.74 Å². The van der Waals surface area contributed by atoms with Crippen LogP contribution in [0.2, 0.25) is 0 Å². The van der Waals surface area contributed by atoms with Crippen molar-refractivity contribution in [1.29, 1.82) is 0 Å². The maximum atomic E-state index is 13.6. The molecule has 1 aliphatic carbocycles. The number of rotatable bonds is 10. The first-order valence-corrected chi connectivity index (χ1v) is 12.0. The molecule has 2 heterocycles. The van der Waals surface area contributed by atoms with Crippen molar-refractivity contribution in [2.24, 2.45) is 0 Å². The Bertz CT molecular complexity index is 991. The fourth-order valence-corrected chi connectivity index (χ4v) is 5.27. The Hall–Kier alpha value is -2.34. The first-order chi connectivity index (χ1) is 16.0. The molecule has 33 heavy (non-hydrogen) atoms. The molecule has 0 spiro atoms. The number of benzene rings is 1. The predicted octanol–water partition coefficient (Wildman–Crippen LogP) is 6.71. The van der Waals surface area contributed by atoms with Crippen LogP contribution in [0.3, 0.4) is 0 Å². The second kappa shape index (κ2) is 10.7. The third-order valence-corrected chi connectivity index (χ3v) is 6.89. The van der Waals surface area contributed by atoms with Crippen molar-refractivity contribution in [2.75, 3.05) is 19.8 Å². The molecule has 0 unspecified atom stereocenters. The third-order valence-electron chi connectivity index (χ3n) is 6.89. The van der Waals surface area contributed by atoms with Crippen LogP contribution < -0.4 is 4.74 Å². The first kappa shape index (κ1) is 23.8. The lowest BCUT2D eigenvalue weighted by Gasteiger charge is -2.42. The monoisotopic (exact) mass is 458 g/mol. The zero-order chi connectivity index (χ0) is 23.4. The molecule has 0 radical (unpaired) electrons. The molecular weight excluding hydrogens is 425 g/mol. The standard InChI is InChI=1S/C27H33F3N2O/c1-18-13-26(33-12-8-4-3-7-11-28)31-16-24(18)27-23-15-20-9-5-6-10-21(20)22(23)14-19(2)32(27)17-25(29)30/h5-6,9-10,13,16,19,25,27H,3-4,7-8,11-12,14-15,17H2,1-2H3/t19-,27+/m1/s1. The van der Waals surface area contributed by atoms with Gasteiger partial charge in [0, 0.05) is 18.3 Å². The van der Waals surface area contributed by atoms with Crippen LogP contribution in [0.5, 0.6) is 5.88 Å².